The average molecular weight is 303 g/mol. The van der Waals surface area contributed by atoms with Gasteiger partial charge in [0.1, 0.15) is 0 Å². The van der Waals surface area contributed by atoms with E-state index in [1.54, 1.807) is 0 Å². The highest BCUT2D eigenvalue weighted by atomic mass is 32.2. The van der Waals surface area contributed by atoms with Gasteiger partial charge in [0, 0.05) is 22.4 Å². The molecule has 112 valence electrons. The second-order valence-electron chi connectivity index (χ2n) is 5.54. The molecule has 1 aliphatic carbocycles. The quantitative estimate of drug-likeness (QED) is 0.869. The Labute approximate surface area is 129 Å². The van der Waals surface area contributed by atoms with E-state index in [-0.39, 0.29) is 6.04 Å². The molecule has 1 heterocycles. The fourth-order valence-electron chi connectivity index (χ4n) is 2.84. The van der Waals surface area contributed by atoms with Gasteiger partial charge in [-0.05, 0) is 49.3 Å². The molecule has 2 aromatic rings. The largest absolute Gasteiger partial charge is 0.339 e. The molecule has 0 spiro atoms. The van der Waals surface area contributed by atoms with Gasteiger partial charge < -0.3 is 10.3 Å². The van der Waals surface area contributed by atoms with Crippen LogP contribution in [0.2, 0.25) is 0 Å². The average Bonchev–Trinajstić information content (AvgIpc) is 2.98. The van der Waals surface area contributed by atoms with Crippen molar-refractivity contribution in [2.75, 3.05) is 5.75 Å². The Morgan fingerprint density at radius 3 is 2.81 bits per heavy atom. The highest BCUT2D eigenvalue weighted by molar-refractivity contribution is 7.99. The van der Waals surface area contributed by atoms with Gasteiger partial charge in [0.05, 0.1) is 0 Å². The molecule has 0 saturated heterocycles. The smallest absolute Gasteiger partial charge is 0.230 e. The van der Waals surface area contributed by atoms with Crippen LogP contribution in [0.15, 0.2) is 33.7 Å². The lowest BCUT2D eigenvalue weighted by atomic mass is 9.86. The highest BCUT2D eigenvalue weighted by Crippen LogP contribution is 2.32. The summed E-state index contributed by atoms with van der Waals surface area (Å²) in [5, 5.41) is 4.13. The van der Waals surface area contributed by atoms with Gasteiger partial charge in [0.25, 0.3) is 0 Å². The summed E-state index contributed by atoms with van der Waals surface area (Å²) in [5.74, 6) is 2.82. The molecule has 2 unspecified atom stereocenters. The van der Waals surface area contributed by atoms with Gasteiger partial charge in [-0.15, -0.1) is 11.8 Å². The Bertz CT molecular complexity index is 581. The molecule has 0 aliphatic heterocycles. The van der Waals surface area contributed by atoms with Crippen molar-refractivity contribution in [3.63, 3.8) is 0 Å². The molecule has 1 aromatic heterocycles. The first kappa shape index (κ1) is 14.6. The minimum absolute atomic E-state index is 0.268. The van der Waals surface area contributed by atoms with E-state index >= 15 is 0 Å². The van der Waals surface area contributed by atoms with Crippen molar-refractivity contribution in [3.05, 3.63) is 30.2 Å². The molecule has 2 atom stereocenters. The van der Waals surface area contributed by atoms with Crippen molar-refractivity contribution in [1.82, 2.24) is 10.1 Å². The number of rotatable bonds is 4. The highest BCUT2D eigenvalue weighted by Gasteiger charge is 2.25. The van der Waals surface area contributed by atoms with Crippen molar-refractivity contribution < 1.29 is 4.52 Å². The normalized spacial score (nSPS) is 22.4. The van der Waals surface area contributed by atoms with Gasteiger partial charge in [-0.3, -0.25) is 0 Å². The van der Waals surface area contributed by atoms with Crippen LogP contribution in [0, 0.1) is 0 Å². The maximum absolute atomic E-state index is 6.03. The Morgan fingerprint density at radius 1 is 1.29 bits per heavy atom. The molecular formula is C16H21N3OS. The fraction of sp³-hybridized carbons (Fsp3) is 0.500. The number of aromatic nitrogens is 2. The van der Waals surface area contributed by atoms with Crippen LogP contribution in [-0.2, 0) is 0 Å². The maximum Gasteiger partial charge on any atom is 0.230 e. The number of benzene rings is 1. The van der Waals surface area contributed by atoms with Crippen LogP contribution in [-0.4, -0.2) is 21.9 Å². The summed E-state index contributed by atoms with van der Waals surface area (Å²) in [7, 11) is 0. The number of thioether (sulfide) groups is 1. The Kier molecular flexibility index (Phi) is 4.60. The van der Waals surface area contributed by atoms with E-state index in [0.717, 1.165) is 42.9 Å². The molecule has 1 saturated carbocycles. The van der Waals surface area contributed by atoms with Gasteiger partial charge in [-0.2, -0.15) is 4.98 Å². The van der Waals surface area contributed by atoms with Gasteiger partial charge >= 0.3 is 0 Å². The van der Waals surface area contributed by atoms with Gasteiger partial charge in [0.2, 0.25) is 11.7 Å². The molecule has 0 radical (unpaired) electrons. The molecule has 2 N–H and O–H groups in total. The van der Waals surface area contributed by atoms with E-state index in [4.69, 9.17) is 10.3 Å². The topological polar surface area (TPSA) is 64.9 Å². The first-order valence-corrected chi connectivity index (χ1v) is 8.57. The summed E-state index contributed by atoms with van der Waals surface area (Å²) in [5.41, 5.74) is 7.04. The Balaban J connectivity index is 1.74. The third-order valence-corrected chi connectivity index (χ3v) is 4.82. The monoisotopic (exact) mass is 303 g/mol. The van der Waals surface area contributed by atoms with E-state index in [0.29, 0.717) is 11.7 Å². The first-order valence-electron chi connectivity index (χ1n) is 7.58. The van der Waals surface area contributed by atoms with Crippen molar-refractivity contribution in [2.45, 2.75) is 49.5 Å². The number of hydrogen-bond acceptors (Lipinski definition) is 5. The molecule has 0 bridgehead atoms. The number of hydrogen-bond donors (Lipinski definition) is 1. The van der Waals surface area contributed by atoms with Crippen LogP contribution in [0.3, 0.4) is 0 Å². The van der Waals surface area contributed by atoms with Crippen LogP contribution >= 0.6 is 11.8 Å². The van der Waals surface area contributed by atoms with E-state index in [2.05, 4.69) is 41.3 Å². The van der Waals surface area contributed by atoms with Crippen LogP contribution in [0.25, 0.3) is 11.4 Å². The minimum atomic E-state index is 0.268. The standard InChI is InChI=1S/C16H21N3OS/c1-2-21-14-8-6-11(7-9-14)15-18-16(20-19-15)12-4-3-5-13(17)10-12/h6-9,12-13H,2-5,10,17H2,1H3. The van der Waals surface area contributed by atoms with Crippen molar-refractivity contribution in [3.8, 4) is 11.4 Å². The fourth-order valence-corrected chi connectivity index (χ4v) is 3.50. The SMILES string of the molecule is CCSc1ccc(-c2noc(C3CCCC(N)C3)n2)cc1. The van der Waals surface area contributed by atoms with Crippen LogP contribution in [0.1, 0.15) is 44.4 Å². The van der Waals surface area contributed by atoms with Crippen molar-refractivity contribution in [1.29, 1.82) is 0 Å². The zero-order valence-corrected chi connectivity index (χ0v) is 13.1. The summed E-state index contributed by atoms with van der Waals surface area (Å²) >= 11 is 1.83. The lowest BCUT2D eigenvalue weighted by Crippen LogP contribution is -2.26. The molecule has 1 aromatic carbocycles. The lowest BCUT2D eigenvalue weighted by Gasteiger charge is -2.23. The van der Waals surface area contributed by atoms with Gasteiger partial charge in [-0.1, -0.05) is 18.5 Å². The second-order valence-corrected chi connectivity index (χ2v) is 6.87. The summed E-state index contributed by atoms with van der Waals surface area (Å²) < 4.78 is 5.46. The number of nitrogens with two attached hydrogens (primary N) is 1. The van der Waals surface area contributed by atoms with E-state index in [9.17, 15) is 0 Å². The first-order chi connectivity index (χ1) is 10.3. The zero-order valence-electron chi connectivity index (χ0n) is 12.3. The lowest BCUT2D eigenvalue weighted by molar-refractivity contribution is 0.299. The molecular weight excluding hydrogens is 282 g/mol. The van der Waals surface area contributed by atoms with E-state index < -0.39 is 0 Å². The van der Waals surface area contributed by atoms with Gasteiger partial charge in [0.15, 0.2) is 0 Å². The third-order valence-electron chi connectivity index (χ3n) is 3.93. The molecule has 21 heavy (non-hydrogen) atoms. The maximum atomic E-state index is 6.03. The van der Waals surface area contributed by atoms with E-state index in [1.807, 2.05) is 11.8 Å². The molecule has 3 rings (SSSR count). The van der Waals surface area contributed by atoms with Gasteiger partial charge in [-0.25, -0.2) is 0 Å². The summed E-state index contributed by atoms with van der Waals surface area (Å²) in [4.78, 5) is 5.84. The molecule has 0 amide bonds. The third kappa shape index (κ3) is 3.47. The predicted octanol–water partition coefficient (Wildman–Crippen LogP) is 3.83. The number of nitrogens with zero attached hydrogens (tertiary/aromatic N) is 2. The molecule has 4 nitrogen and oxygen atoms in total. The summed E-state index contributed by atoms with van der Waals surface area (Å²) in [6, 6.07) is 8.59. The van der Waals surface area contributed by atoms with E-state index in [1.165, 1.54) is 4.90 Å². The van der Waals surface area contributed by atoms with Crippen molar-refractivity contribution in [2.24, 2.45) is 5.73 Å². The van der Waals surface area contributed by atoms with Crippen LogP contribution < -0.4 is 5.73 Å². The molecule has 5 heteroatoms. The van der Waals surface area contributed by atoms with Crippen molar-refractivity contribution >= 4 is 11.8 Å². The second kappa shape index (κ2) is 6.62. The summed E-state index contributed by atoms with van der Waals surface area (Å²) in [6.07, 6.45) is 4.30. The molecule has 1 aliphatic rings. The summed E-state index contributed by atoms with van der Waals surface area (Å²) in [6.45, 7) is 2.15. The Morgan fingerprint density at radius 2 is 2.10 bits per heavy atom. The Hall–Kier alpha value is -1.33. The minimum Gasteiger partial charge on any atom is -0.339 e. The van der Waals surface area contributed by atoms with Crippen LogP contribution in [0.5, 0.6) is 0 Å². The predicted molar refractivity (Wildman–Crippen MR) is 85.3 cm³/mol. The molecule has 1 fully saturated rings. The zero-order chi connectivity index (χ0) is 14.7. The van der Waals surface area contributed by atoms with Crippen LogP contribution in [0.4, 0.5) is 0 Å².